The van der Waals surface area contributed by atoms with E-state index < -0.39 is 0 Å². The van der Waals surface area contributed by atoms with Crippen LogP contribution in [-0.4, -0.2) is 31.6 Å². The molecule has 15 heavy (non-hydrogen) atoms. The molecular formula is C12H22N2O. The largest absolute Gasteiger partial charge is 0.468 e. The van der Waals surface area contributed by atoms with Crippen molar-refractivity contribution in [3.8, 4) is 0 Å². The van der Waals surface area contributed by atoms with Crippen molar-refractivity contribution in [2.24, 2.45) is 0 Å². The van der Waals surface area contributed by atoms with Gasteiger partial charge in [0.2, 0.25) is 0 Å². The summed E-state index contributed by atoms with van der Waals surface area (Å²) < 4.78 is 5.44. The van der Waals surface area contributed by atoms with Gasteiger partial charge in [-0.1, -0.05) is 6.92 Å². The fraction of sp³-hybridized carbons (Fsp3) is 0.667. The summed E-state index contributed by atoms with van der Waals surface area (Å²) in [5, 5.41) is 3.50. The van der Waals surface area contributed by atoms with Crippen molar-refractivity contribution in [3.05, 3.63) is 24.2 Å². The van der Waals surface area contributed by atoms with Crippen LogP contribution in [0.25, 0.3) is 0 Å². The monoisotopic (exact) mass is 210 g/mol. The highest BCUT2D eigenvalue weighted by Gasteiger charge is 2.16. The van der Waals surface area contributed by atoms with Crippen molar-refractivity contribution in [2.45, 2.75) is 32.4 Å². The number of hydrogen-bond acceptors (Lipinski definition) is 3. The Labute approximate surface area is 92.5 Å². The molecule has 3 nitrogen and oxygen atoms in total. The fourth-order valence-electron chi connectivity index (χ4n) is 1.48. The molecular weight excluding hydrogens is 188 g/mol. The Bertz CT molecular complexity index is 257. The Morgan fingerprint density at radius 3 is 2.67 bits per heavy atom. The van der Waals surface area contributed by atoms with Gasteiger partial charge in [0.15, 0.2) is 0 Å². The molecule has 0 bridgehead atoms. The third kappa shape index (κ3) is 3.68. The molecule has 0 unspecified atom stereocenters. The zero-order chi connectivity index (χ0) is 11.3. The molecule has 0 fully saturated rings. The summed E-state index contributed by atoms with van der Waals surface area (Å²) >= 11 is 0. The van der Waals surface area contributed by atoms with Gasteiger partial charge in [-0.2, -0.15) is 0 Å². The second kappa shape index (κ2) is 5.93. The predicted molar refractivity (Wildman–Crippen MR) is 62.9 cm³/mol. The molecule has 3 heteroatoms. The van der Waals surface area contributed by atoms with E-state index in [2.05, 4.69) is 38.2 Å². The van der Waals surface area contributed by atoms with Crippen molar-refractivity contribution < 1.29 is 4.42 Å². The number of hydrogen-bond donors (Lipinski definition) is 1. The highest BCUT2D eigenvalue weighted by molar-refractivity contribution is 5.05. The Kier molecular flexibility index (Phi) is 4.85. The van der Waals surface area contributed by atoms with Crippen LogP contribution < -0.4 is 5.32 Å². The first kappa shape index (κ1) is 12.3. The molecule has 1 heterocycles. The zero-order valence-corrected chi connectivity index (χ0v) is 10.2. The van der Waals surface area contributed by atoms with Crippen LogP contribution in [0.3, 0.4) is 0 Å². The summed E-state index contributed by atoms with van der Waals surface area (Å²) in [6.07, 6.45) is 2.88. The smallest absolute Gasteiger partial charge is 0.122 e. The minimum Gasteiger partial charge on any atom is -0.468 e. The van der Waals surface area contributed by atoms with Crippen LogP contribution in [0.4, 0.5) is 0 Å². The molecule has 1 rings (SSSR count). The average Bonchev–Trinajstić information content (AvgIpc) is 2.70. The Hall–Kier alpha value is -0.800. The molecule has 0 amide bonds. The van der Waals surface area contributed by atoms with Gasteiger partial charge in [0, 0.05) is 12.6 Å². The van der Waals surface area contributed by atoms with Crippen LogP contribution in [0.15, 0.2) is 22.8 Å². The second-order valence-corrected chi connectivity index (χ2v) is 4.21. The van der Waals surface area contributed by atoms with E-state index in [4.69, 9.17) is 4.42 Å². The number of nitrogens with zero attached hydrogens (tertiary/aromatic N) is 1. The molecule has 0 radical (unpaired) electrons. The fourth-order valence-corrected chi connectivity index (χ4v) is 1.48. The lowest BCUT2D eigenvalue weighted by atomic mass is 10.2. The van der Waals surface area contributed by atoms with E-state index in [0.717, 1.165) is 18.7 Å². The third-order valence-corrected chi connectivity index (χ3v) is 2.77. The lowest BCUT2D eigenvalue weighted by Gasteiger charge is -2.24. The van der Waals surface area contributed by atoms with Crippen LogP contribution in [0.5, 0.6) is 0 Å². The van der Waals surface area contributed by atoms with E-state index in [0.29, 0.717) is 12.1 Å². The van der Waals surface area contributed by atoms with Crippen LogP contribution in [-0.2, 0) is 0 Å². The topological polar surface area (TPSA) is 28.4 Å². The second-order valence-electron chi connectivity index (χ2n) is 4.21. The molecule has 1 aromatic heterocycles. The molecule has 0 saturated carbocycles. The molecule has 0 aliphatic rings. The number of furan rings is 1. The Balaban J connectivity index is 2.53. The Morgan fingerprint density at radius 2 is 2.20 bits per heavy atom. The average molecular weight is 210 g/mol. The minimum absolute atomic E-state index is 0.314. The molecule has 0 aromatic carbocycles. The summed E-state index contributed by atoms with van der Waals surface area (Å²) in [5.41, 5.74) is 0. The quantitative estimate of drug-likeness (QED) is 0.780. The first-order valence-electron chi connectivity index (χ1n) is 5.58. The van der Waals surface area contributed by atoms with Gasteiger partial charge in [-0.25, -0.2) is 0 Å². The third-order valence-electron chi connectivity index (χ3n) is 2.77. The molecule has 2 atom stereocenters. The van der Waals surface area contributed by atoms with E-state index in [1.165, 1.54) is 0 Å². The van der Waals surface area contributed by atoms with Gasteiger partial charge in [0.05, 0.1) is 12.3 Å². The first-order chi connectivity index (χ1) is 7.15. The minimum atomic E-state index is 0.314. The van der Waals surface area contributed by atoms with Crippen LogP contribution in [0.1, 0.15) is 32.1 Å². The van der Waals surface area contributed by atoms with Gasteiger partial charge in [0.1, 0.15) is 5.76 Å². The van der Waals surface area contributed by atoms with E-state index in [9.17, 15) is 0 Å². The van der Waals surface area contributed by atoms with Crippen LogP contribution >= 0.6 is 0 Å². The Morgan fingerprint density at radius 1 is 1.47 bits per heavy atom. The zero-order valence-electron chi connectivity index (χ0n) is 10.2. The maximum absolute atomic E-state index is 5.44. The molecule has 0 aliphatic carbocycles. The molecule has 0 spiro atoms. The summed E-state index contributed by atoms with van der Waals surface area (Å²) in [4.78, 5) is 2.17. The standard InChI is InChI=1S/C12H22N2O/c1-5-10(2)13-9-11(14(3)4)12-7-6-8-15-12/h6-8,10-11,13H,5,9H2,1-4H3/t10-,11-/m0/s1. The normalized spacial score (nSPS) is 15.5. The molecule has 1 N–H and O–H groups in total. The SMILES string of the molecule is CC[C@H](C)NC[C@@H](c1ccco1)N(C)C. The highest BCUT2D eigenvalue weighted by atomic mass is 16.3. The summed E-state index contributed by atoms with van der Waals surface area (Å²) in [7, 11) is 4.15. The number of rotatable bonds is 6. The first-order valence-corrected chi connectivity index (χ1v) is 5.58. The van der Waals surface area contributed by atoms with Gasteiger partial charge < -0.3 is 9.73 Å². The van der Waals surface area contributed by atoms with Gasteiger partial charge in [-0.3, -0.25) is 4.90 Å². The van der Waals surface area contributed by atoms with Crippen molar-refractivity contribution in [2.75, 3.05) is 20.6 Å². The van der Waals surface area contributed by atoms with Gasteiger partial charge in [0.25, 0.3) is 0 Å². The lowest BCUT2D eigenvalue weighted by molar-refractivity contribution is 0.244. The molecule has 1 aromatic rings. The van der Waals surface area contributed by atoms with Crippen molar-refractivity contribution >= 4 is 0 Å². The van der Waals surface area contributed by atoms with E-state index in [1.807, 2.05) is 12.1 Å². The van der Waals surface area contributed by atoms with E-state index in [1.54, 1.807) is 6.26 Å². The molecule has 0 aliphatic heterocycles. The van der Waals surface area contributed by atoms with Crippen molar-refractivity contribution in [1.82, 2.24) is 10.2 Å². The molecule has 0 saturated heterocycles. The summed E-state index contributed by atoms with van der Waals surface area (Å²) in [6, 6.07) is 4.84. The van der Waals surface area contributed by atoms with E-state index >= 15 is 0 Å². The maximum Gasteiger partial charge on any atom is 0.122 e. The van der Waals surface area contributed by atoms with Crippen LogP contribution in [0.2, 0.25) is 0 Å². The van der Waals surface area contributed by atoms with Crippen molar-refractivity contribution in [3.63, 3.8) is 0 Å². The van der Waals surface area contributed by atoms with Gasteiger partial charge in [-0.05, 0) is 39.6 Å². The van der Waals surface area contributed by atoms with E-state index in [-0.39, 0.29) is 0 Å². The lowest BCUT2D eigenvalue weighted by Crippen LogP contribution is -2.35. The number of likely N-dealkylation sites (N-methyl/N-ethyl adjacent to an activating group) is 1. The summed E-state index contributed by atoms with van der Waals surface area (Å²) in [5.74, 6) is 1.02. The number of nitrogens with one attached hydrogen (secondary N) is 1. The van der Waals surface area contributed by atoms with Gasteiger partial charge >= 0.3 is 0 Å². The maximum atomic E-state index is 5.44. The highest BCUT2D eigenvalue weighted by Crippen LogP contribution is 2.17. The van der Waals surface area contributed by atoms with Crippen molar-refractivity contribution in [1.29, 1.82) is 0 Å². The summed E-state index contributed by atoms with van der Waals surface area (Å²) in [6.45, 7) is 5.32. The van der Waals surface area contributed by atoms with Gasteiger partial charge in [-0.15, -0.1) is 0 Å². The molecule has 86 valence electrons. The predicted octanol–water partition coefficient (Wildman–Crippen LogP) is 2.27. The van der Waals surface area contributed by atoms with Crippen LogP contribution in [0, 0.1) is 0 Å².